The summed E-state index contributed by atoms with van der Waals surface area (Å²) in [5.74, 6) is -1.29. The molecule has 2 amide bonds. The molecule has 3 N–H and O–H groups in total. The van der Waals surface area contributed by atoms with Gasteiger partial charge in [-0.2, -0.15) is 5.26 Å². The predicted molar refractivity (Wildman–Crippen MR) is 81.9 cm³/mol. The van der Waals surface area contributed by atoms with E-state index in [2.05, 4.69) is 26.6 Å². The number of carboxylic acid groups (broad SMARTS) is 1. The SMILES string of the molecule is CCC(C)[C@H](NC(=O)Nc1ccc(Br)cc1C#N)C(=O)O. The molecular formula is C14H16BrN3O3. The van der Waals surface area contributed by atoms with Crippen LogP contribution in [0.3, 0.4) is 0 Å². The van der Waals surface area contributed by atoms with Crippen LogP contribution in [0.4, 0.5) is 10.5 Å². The summed E-state index contributed by atoms with van der Waals surface area (Å²) in [6.45, 7) is 3.60. The minimum atomic E-state index is -1.09. The van der Waals surface area contributed by atoms with E-state index in [-0.39, 0.29) is 11.5 Å². The molecule has 0 bridgehead atoms. The number of aliphatic carboxylic acids is 1. The summed E-state index contributed by atoms with van der Waals surface area (Å²) in [5.41, 5.74) is 0.612. The molecule has 7 heteroatoms. The van der Waals surface area contributed by atoms with Gasteiger partial charge in [-0.15, -0.1) is 0 Å². The van der Waals surface area contributed by atoms with Gasteiger partial charge in [0, 0.05) is 4.47 Å². The van der Waals surface area contributed by atoms with Crippen LogP contribution < -0.4 is 10.6 Å². The average molecular weight is 354 g/mol. The second kappa shape index (κ2) is 7.64. The molecule has 0 saturated carbocycles. The van der Waals surface area contributed by atoms with Gasteiger partial charge in [0.1, 0.15) is 12.1 Å². The number of benzene rings is 1. The number of nitriles is 1. The van der Waals surface area contributed by atoms with Crippen molar-refractivity contribution in [3.63, 3.8) is 0 Å². The summed E-state index contributed by atoms with van der Waals surface area (Å²) in [7, 11) is 0. The van der Waals surface area contributed by atoms with Crippen molar-refractivity contribution >= 4 is 33.6 Å². The molecule has 2 atom stereocenters. The number of anilines is 1. The maximum absolute atomic E-state index is 11.9. The summed E-state index contributed by atoms with van der Waals surface area (Å²) in [6.07, 6.45) is 0.624. The highest BCUT2D eigenvalue weighted by atomic mass is 79.9. The van der Waals surface area contributed by atoms with Gasteiger partial charge in [-0.05, 0) is 24.1 Å². The molecule has 0 saturated heterocycles. The fourth-order valence-corrected chi connectivity index (χ4v) is 2.06. The second-order valence-electron chi connectivity index (χ2n) is 4.60. The minimum absolute atomic E-state index is 0.200. The number of carbonyl (C=O) groups excluding carboxylic acids is 1. The van der Waals surface area contributed by atoms with E-state index in [1.54, 1.807) is 25.1 Å². The number of halogens is 1. The van der Waals surface area contributed by atoms with Crippen molar-refractivity contribution < 1.29 is 14.7 Å². The summed E-state index contributed by atoms with van der Waals surface area (Å²) < 4.78 is 0.716. The maximum atomic E-state index is 11.9. The van der Waals surface area contributed by atoms with Gasteiger partial charge < -0.3 is 15.7 Å². The Labute approximate surface area is 131 Å². The standard InChI is InChI=1S/C14H16BrN3O3/c1-3-8(2)12(13(19)20)18-14(21)17-11-5-4-10(15)6-9(11)7-16/h4-6,8,12H,3H2,1-2H3,(H,19,20)(H2,17,18,21)/t8?,12-/m0/s1. The first-order valence-corrected chi connectivity index (χ1v) is 7.18. The van der Waals surface area contributed by atoms with Gasteiger partial charge in [0.2, 0.25) is 0 Å². The van der Waals surface area contributed by atoms with Crippen LogP contribution >= 0.6 is 15.9 Å². The monoisotopic (exact) mass is 353 g/mol. The fourth-order valence-electron chi connectivity index (χ4n) is 1.70. The molecule has 1 aromatic rings. The zero-order valence-electron chi connectivity index (χ0n) is 11.7. The van der Waals surface area contributed by atoms with E-state index in [1.165, 1.54) is 0 Å². The maximum Gasteiger partial charge on any atom is 0.326 e. The third-order valence-corrected chi connectivity index (χ3v) is 3.61. The normalized spacial score (nSPS) is 12.9. The Morgan fingerprint density at radius 1 is 1.48 bits per heavy atom. The van der Waals surface area contributed by atoms with Crippen LogP contribution in [0.5, 0.6) is 0 Å². The molecule has 0 radical (unpaired) electrons. The highest BCUT2D eigenvalue weighted by Crippen LogP contribution is 2.20. The van der Waals surface area contributed by atoms with Crippen LogP contribution in [0.15, 0.2) is 22.7 Å². The number of nitrogens with one attached hydrogen (secondary N) is 2. The number of hydrogen-bond donors (Lipinski definition) is 3. The van der Waals surface area contributed by atoms with E-state index in [1.807, 2.05) is 13.0 Å². The van der Waals surface area contributed by atoms with Crippen molar-refractivity contribution in [2.45, 2.75) is 26.3 Å². The molecule has 1 unspecified atom stereocenters. The van der Waals surface area contributed by atoms with Gasteiger partial charge in [-0.3, -0.25) is 0 Å². The first-order chi connectivity index (χ1) is 9.88. The van der Waals surface area contributed by atoms with Gasteiger partial charge >= 0.3 is 12.0 Å². The summed E-state index contributed by atoms with van der Waals surface area (Å²) in [5, 5.41) is 23.0. The highest BCUT2D eigenvalue weighted by Gasteiger charge is 2.25. The van der Waals surface area contributed by atoms with Gasteiger partial charge in [-0.25, -0.2) is 9.59 Å². The van der Waals surface area contributed by atoms with Gasteiger partial charge in [0.15, 0.2) is 0 Å². The van der Waals surface area contributed by atoms with Gasteiger partial charge in [0.05, 0.1) is 11.3 Å². The molecule has 0 aliphatic carbocycles. The van der Waals surface area contributed by atoms with Crippen LogP contribution in [0, 0.1) is 17.2 Å². The third kappa shape index (κ3) is 4.76. The molecule has 1 aromatic carbocycles. The van der Waals surface area contributed by atoms with Gasteiger partial charge in [0.25, 0.3) is 0 Å². The van der Waals surface area contributed by atoms with Crippen LogP contribution in [0.2, 0.25) is 0 Å². The first kappa shape index (κ1) is 17.0. The Hall–Kier alpha value is -2.07. The molecular weight excluding hydrogens is 338 g/mol. The lowest BCUT2D eigenvalue weighted by atomic mass is 9.99. The molecule has 0 aromatic heterocycles. The van der Waals surface area contributed by atoms with Crippen LogP contribution in [-0.4, -0.2) is 23.1 Å². The Morgan fingerprint density at radius 3 is 2.67 bits per heavy atom. The number of hydrogen-bond acceptors (Lipinski definition) is 3. The van der Waals surface area contributed by atoms with E-state index in [4.69, 9.17) is 10.4 Å². The van der Waals surface area contributed by atoms with Crippen molar-refractivity contribution in [2.24, 2.45) is 5.92 Å². The zero-order valence-corrected chi connectivity index (χ0v) is 13.3. The van der Waals surface area contributed by atoms with E-state index >= 15 is 0 Å². The smallest absolute Gasteiger partial charge is 0.326 e. The lowest BCUT2D eigenvalue weighted by Crippen LogP contribution is -2.46. The van der Waals surface area contributed by atoms with Crippen molar-refractivity contribution in [3.8, 4) is 6.07 Å². The third-order valence-electron chi connectivity index (χ3n) is 3.12. The topological polar surface area (TPSA) is 102 Å². The summed E-state index contributed by atoms with van der Waals surface area (Å²) in [4.78, 5) is 23.0. The van der Waals surface area contributed by atoms with E-state index in [0.29, 0.717) is 16.6 Å². The largest absolute Gasteiger partial charge is 0.480 e. The number of urea groups is 1. The number of carboxylic acids is 1. The Morgan fingerprint density at radius 2 is 2.14 bits per heavy atom. The number of carbonyl (C=O) groups is 2. The van der Waals surface area contributed by atoms with E-state index in [0.717, 1.165) is 0 Å². The molecule has 0 aliphatic heterocycles. The summed E-state index contributed by atoms with van der Waals surface area (Å²) >= 11 is 3.23. The number of rotatable bonds is 5. The average Bonchev–Trinajstić information content (AvgIpc) is 2.45. The lowest BCUT2D eigenvalue weighted by Gasteiger charge is -2.20. The number of nitrogens with zero attached hydrogens (tertiary/aromatic N) is 1. The Balaban J connectivity index is 2.82. The van der Waals surface area contributed by atoms with E-state index < -0.39 is 18.0 Å². The fraction of sp³-hybridized carbons (Fsp3) is 0.357. The lowest BCUT2D eigenvalue weighted by molar-refractivity contribution is -0.140. The predicted octanol–water partition coefficient (Wildman–Crippen LogP) is 2.94. The van der Waals surface area contributed by atoms with Crippen molar-refractivity contribution in [1.82, 2.24) is 5.32 Å². The molecule has 21 heavy (non-hydrogen) atoms. The Bertz CT molecular complexity index is 583. The Kier molecular flexibility index (Phi) is 6.18. The van der Waals surface area contributed by atoms with Crippen LogP contribution in [0.25, 0.3) is 0 Å². The molecule has 1 rings (SSSR count). The second-order valence-corrected chi connectivity index (χ2v) is 5.52. The van der Waals surface area contributed by atoms with Gasteiger partial charge in [-0.1, -0.05) is 36.2 Å². The first-order valence-electron chi connectivity index (χ1n) is 6.39. The van der Waals surface area contributed by atoms with Crippen molar-refractivity contribution in [2.75, 3.05) is 5.32 Å². The summed E-state index contributed by atoms with van der Waals surface area (Å²) in [6, 6.07) is 5.16. The van der Waals surface area contributed by atoms with Crippen LogP contribution in [-0.2, 0) is 4.79 Å². The van der Waals surface area contributed by atoms with Crippen molar-refractivity contribution in [1.29, 1.82) is 5.26 Å². The molecule has 0 fully saturated rings. The minimum Gasteiger partial charge on any atom is -0.480 e. The molecule has 0 spiro atoms. The zero-order chi connectivity index (χ0) is 16.0. The molecule has 0 aliphatic rings. The van der Waals surface area contributed by atoms with E-state index in [9.17, 15) is 9.59 Å². The number of amides is 2. The highest BCUT2D eigenvalue weighted by molar-refractivity contribution is 9.10. The van der Waals surface area contributed by atoms with Crippen molar-refractivity contribution in [3.05, 3.63) is 28.2 Å². The molecule has 112 valence electrons. The van der Waals surface area contributed by atoms with Crippen LogP contribution in [0.1, 0.15) is 25.8 Å². The quantitative estimate of drug-likeness (QED) is 0.756. The molecule has 0 heterocycles. The molecule has 6 nitrogen and oxygen atoms in total.